The van der Waals surface area contributed by atoms with Crippen molar-refractivity contribution in [1.29, 1.82) is 0 Å². The molecule has 3 rings (SSSR count). The van der Waals surface area contributed by atoms with E-state index in [2.05, 4.69) is 40.3 Å². The molecule has 1 N–H and O–H groups in total. The Morgan fingerprint density at radius 2 is 1.86 bits per heavy atom. The van der Waals surface area contributed by atoms with Crippen molar-refractivity contribution in [3.63, 3.8) is 0 Å². The van der Waals surface area contributed by atoms with E-state index >= 15 is 0 Å². The number of nitrogens with one attached hydrogen (secondary N) is 1. The van der Waals surface area contributed by atoms with Gasteiger partial charge < -0.3 is 19.2 Å². The van der Waals surface area contributed by atoms with E-state index in [0.717, 1.165) is 23.6 Å². The summed E-state index contributed by atoms with van der Waals surface area (Å²) < 4.78 is 12.9. The van der Waals surface area contributed by atoms with Crippen LogP contribution in [0.5, 0.6) is 11.5 Å². The van der Waals surface area contributed by atoms with Crippen LogP contribution in [0.2, 0.25) is 0 Å². The second-order valence-corrected chi connectivity index (χ2v) is 5.11. The van der Waals surface area contributed by atoms with Crippen LogP contribution in [-0.2, 0) is 6.54 Å². The minimum absolute atomic E-state index is 0.741. The summed E-state index contributed by atoms with van der Waals surface area (Å²) in [5.41, 5.74) is 4.80. The summed E-state index contributed by atoms with van der Waals surface area (Å²) in [7, 11) is 5.27. The lowest BCUT2D eigenvalue weighted by atomic mass is 10.0. The van der Waals surface area contributed by atoms with Gasteiger partial charge in [-0.1, -0.05) is 12.1 Å². The number of fused-ring (bicyclic) bond motifs is 1. The van der Waals surface area contributed by atoms with E-state index in [4.69, 9.17) is 9.47 Å². The zero-order valence-electron chi connectivity index (χ0n) is 13.1. The number of ether oxygens (including phenoxy) is 2. The van der Waals surface area contributed by atoms with Crippen LogP contribution in [0.15, 0.2) is 48.8 Å². The van der Waals surface area contributed by atoms with Crippen molar-refractivity contribution >= 4 is 5.52 Å². The number of pyridine rings is 1. The van der Waals surface area contributed by atoms with Crippen LogP contribution in [-0.4, -0.2) is 25.7 Å². The van der Waals surface area contributed by atoms with Gasteiger partial charge in [-0.15, -0.1) is 0 Å². The minimum atomic E-state index is 0.741. The van der Waals surface area contributed by atoms with Gasteiger partial charge in [0.1, 0.15) is 0 Å². The molecule has 0 amide bonds. The first-order valence-electron chi connectivity index (χ1n) is 7.24. The minimum Gasteiger partial charge on any atom is -0.493 e. The molecule has 0 unspecified atom stereocenters. The van der Waals surface area contributed by atoms with Crippen molar-refractivity contribution in [3.8, 4) is 22.6 Å². The smallest absolute Gasteiger partial charge is 0.161 e. The molecule has 0 bridgehead atoms. The number of rotatable bonds is 5. The van der Waals surface area contributed by atoms with Crippen molar-refractivity contribution in [1.82, 2.24) is 9.72 Å². The monoisotopic (exact) mass is 296 g/mol. The highest BCUT2D eigenvalue weighted by Gasteiger charge is 2.13. The molecule has 2 aromatic heterocycles. The highest BCUT2D eigenvalue weighted by molar-refractivity contribution is 5.78. The fourth-order valence-electron chi connectivity index (χ4n) is 2.79. The molecule has 0 radical (unpaired) electrons. The summed E-state index contributed by atoms with van der Waals surface area (Å²) in [5, 5.41) is 3.25. The van der Waals surface area contributed by atoms with Gasteiger partial charge in [0.25, 0.3) is 0 Å². The zero-order chi connectivity index (χ0) is 15.5. The van der Waals surface area contributed by atoms with Gasteiger partial charge in [-0.2, -0.15) is 0 Å². The van der Waals surface area contributed by atoms with E-state index < -0.39 is 0 Å². The lowest BCUT2D eigenvalue weighted by Crippen LogP contribution is -2.05. The Kier molecular flexibility index (Phi) is 4.02. The van der Waals surface area contributed by atoms with Gasteiger partial charge in [0.2, 0.25) is 0 Å². The summed E-state index contributed by atoms with van der Waals surface area (Å²) in [6.45, 7) is 0.810. The average Bonchev–Trinajstić information content (AvgIpc) is 2.93. The van der Waals surface area contributed by atoms with E-state index in [-0.39, 0.29) is 0 Å². The van der Waals surface area contributed by atoms with Gasteiger partial charge in [0.15, 0.2) is 11.5 Å². The van der Waals surface area contributed by atoms with E-state index in [1.807, 2.05) is 25.2 Å². The summed E-state index contributed by atoms with van der Waals surface area (Å²) in [4.78, 5) is 0. The van der Waals surface area contributed by atoms with E-state index in [0.29, 0.717) is 0 Å². The van der Waals surface area contributed by atoms with Crippen LogP contribution >= 0.6 is 0 Å². The molecular formula is C18H20N2O2. The zero-order valence-corrected chi connectivity index (χ0v) is 13.1. The highest BCUT2D eigenvalue weighted by atomic mass is 16.5. The fourth-order valence-corrected chi connectivity index (χ4v) is 2.79. The summed E-state index contributed by atoms with van der Waals surface area (Å²) >= 11 is 0. The lowest BCUT2D eigenvalue weighted by molar-refractivity contribution is 0.355. The summed E-state index contributed by atoms with van der Waals surface area (Å²) in [6.07, 6.45) is 4.22. The van der Waals surface area contributed by atoms with Crippen LogP contribution in [0, 0.1) is 0 Å². The largest absolute Gasteiger partial charge is 0.493 e. The Bertz CT molecular complexity index is 793. The molecule has 0 fully saturated rings. The third-order valence-corrected chi connectivity index (χ3v) is 3.84. The van der Waals surface area contributed by atoms with Crippen LogP contribution in [0.4, 0.5) is 0 Å². The molecule has 2 heterocycles. The lowest BCUT2D eigenvalue weighted by Gasteiger charge is -2.10. The number of aromatic nitrogens is 1. The van der Waals surface area contributed by atoms with Gasteiger partial charge in [-0.25, -0.2) is 0 Å². The van der Waals surface area contributed by atoms with Gasteiger partial charge >= 0.3 is 0 Å². The van der Waals surface area contributed by atoms with Gasteiger partial charge in [0.05, 0.1) is 19.7 Å². The Hall–Kier alpha value is -2.46. The third-order valence-electron chi connectivity index (χ3n) is 3.84. The van der Waals surface area contributed by atoms with Crippen molar-refractivity contribution in [3.05, 3.63) is 54.4 Å². The maximum atomic E-state index is 5.42. The quantitative estimate of drug-likeness (QED) is 0.784. The number of nitrogens with zero attached hydrogens (tertiary/aromatic N) is 1. The van der Waals surface area contributed by atoms with E-state index in [9.17, 15) is 0 Å². The van der Waals surface area contributed by atoms with E-state index in [1.165, 1.54) is 16.6 Å². The maximum absolute atomic E-state index is 5.42. The normalized spacial score (nSPS) is 10.9. The molecule has 114 valence electrons. The van der Waals surface area contributed by atoms with Crippen molar-refractivity contribution in [2.75, 3.05) is 21.3 Å². The predicted molar refractivity (Wildman–Crippen MR) is 88.7 cm³/mol. The second kappa shape index (κ2) is 6.12. The van der Waals surface area contributed by atoms with Crippen molar-refractivity contribution in [2.24, 2.45) is 0 Å². The van der Waals surface area contributed by atoms with Crippen LogP contribution in [0.3, 0.4) is 0 Å². The van der Waals surface area contributed by atoms with Gasteiger partial charge in [0, 0.05) is 24.5 Å². The standard InChI is InChI=1S/C18H20N2O2/c1-19-11-14-15(12-20-9-5-4-6-16(14)20)13-7-8-17(21-2)18(10-13)22-3/h4-10,12,19H,11H2,1-3H3. The number of hydrogen-bond acceptors (Lipinski definition) is 3. The van der Waals surface area contributed by atoms with Gasteiger partial charge in [-0.05, 0) is 42.4 Å². The third kappa shape index (κ3) is 2.42. The van der Waals surface area contributed by atoms with Crippen LogP contribution in [0.25, 0.3) is 16.6 Å². The first-order valence-corrected chi connectivity index (χ1v) is 7.24. The predicted octanol–water partition coefficient (Wildman–Crippen LogP) is 3.34. The highest BCUT2D eigenvalue weighted by Crippen LogP contribution is 2.35. The van der Waals surface area contributed by atoms with Gasteiger partial charge in [-0.3, -0.25) is 0 Å². The average molecular weight is 296 g/mol. The topological polar surface area (TPSA) is 34.9 Å². The first kappa shape index (κ1) is 14.5. The first-order chi connectivity index (χ1) is 10.8. The van der Waals surface area contributed by atoms with Crippen molar-refractivity contribution in [2.45, 2.75) is 6.54 Å². The molecule has 0 aliphatic rings. The molecule has 0 spiro atoms. The number of hydrogen-bond donors (Lipinski definition) is 1. The molecule has 0 saturated heterocycles. The second-order valence-electron chi connectivity index (χ2n) is 5.11. The summed E-state index contributed by atoms with van der Waals surface area (Å²) in [5.74, 6) is 1.48. The molecule has 0 saturated carbocycles. The Morgan fingerprint density at radius 3 is 2.59 bits per heavy atom. The molecular weight excluding hydrogens is 276 g/mol. The van der Waals surface area contributed by atoms with Crippen molar-refractivity contribution < 1.29 is 9.47 Å². The molecule has 22 heavy (non-hydrogen) atoms. The number of methoxy groups -OCH3 is 2. The molecule has 0 aliphatic heterocycles. The van der Waals surface area contributed by atoms with Crippen LogP contribution < -0.4 is 14.8 Å². The van der Waals surface area contributed by atoms with E-state index in [1.54, 1.807) is 14.2 Å². The summed E-state index contributed by atoms with van der Waals surface area (Å²) in [6, 6.07) is 12.3. The molecule has 4 heteroatoms. The maximum Gasteiger partial charge on any atom is 0.161 e. The SMILES string of the molecule is CNCc1c(-c2ccc(OC)c(OC)c2)cn2ccccc12. The molecule has 0 aliphatic carbocycles. The fraction of sp³-hybridized carbons (Fsp3) is 0.222. The Balaban J connectivity index is 2.19. The van der Waals surface area contributed by atoms with Crippen LogP contribution in [0.1, 0.15) is 5.56 Å². The molecule has 4 nitrogen and oxygen atoms in total. The molecule has 0 atom stereocenters. The number of benzene rings is 1. The Labute approximate surface area is 130 Å². The molecule has 1 aromatic carbocycles. The molecule has 3 aromatic rings. The Morgan fingerprint density at radius 1 is 1.05 bits per heavy atom.